The molecule has 2 aromatic rings. The molecule has 24 heavy (non-hydrogen) atoms. The van der Waals surface area contributed by atoms with Crippen LogP contribution < -0.4 is 5.56 Å². The van der Waals surface area contributed by atoms with Gasteiger partial charge in [0.1, 0.15) is 11.6 Å². The molecule has 1 atom stereocenters. The predicted molar refractivity (Wildman–Crippen MR) is 84.5 cm³/mol. The van der Waals surface area contributed by atoms with Crippen LogP contribution in [-0.4, -0.2) is 41.2 Å². The first kappa shape index (κ1) is 16.7. The quantitative estimate of drug-likeness (QED) is 0.925. The molecule has 0 amide bonds. The van der Waals surface area contributed by atoms with Crippen LogP contribution in [-0.2, 0) is 17.7 Å². The second-order valence-corrected chi connectivity index (χ2v) is 6.06. The molecular formula is C17H19F2N3O2. The summed E-state index contributed by atoms with van der Waals surface area (Å²) in [6.45, 7) is 3.00. The van der Waals surface area contributed by atoms with Crippen molar-refractivity contribution >= 4 is 0 Å². The fourth-order valence-electron chi connectivity index (χ4n) is 3.00. The van der Waals surface area contributed by atoms with Crippen LogP contribution in [0.4, 0.5) is 8.78 Å². The van der Waals surface area contributed by atoms with E-state index in [1.165, 1.54) is 24.5 Å². The van der Waals surface area contributed by atoms with Gasteiger partial charge in [-0.2, -0.15) is 0 Å². The molecule has 1 aromatic carbocycles. The third-order valence-electron chi connectivity index (χ3n) is 3.98. The molecule has 3 rings (SSSR count). The second kappa shape index (κ2) is 7.63. The van der Waals surface area contributed by atoms with E-state index in [0.29, 0.717) is 50.5 Å². The Balaban J connectivity index is 1.67. The van der Waals surface area contributed by atoms with Crippen molar-refractivity contribution in [1.82, 2.24) is 14.9 Å². The molecule has 1 N–H and O–H groups in total. The van der Waals surface area contributed by atoms with Crippen molar-refractivity contribution in [2.75, 3.05) is 26.3 Å². The Bertz CT molecular complexity index is 730. The highest BCUT2D eigenvalue weighted by Gasteiger charge is 2.20. The predicted octanol–water partition coefficient (Wildman–Crippen LogP) is 1.74. The van der Waals surface area contributed by atoms with E-state index in [-0.39, 0.29) is 11.5 Å². The van der Waals surface area contributed by atoms with E-state index in [1.54, 1.807) is 0 Å². The van der Waals surface area contributed by atoms with E-state index in [2.05, 4.69) is 14.9 Å². The number of nitrogens with zero attached hydrogens (tertiary/aromatic N) is 2. The van der Waals surface area contributed by atoms with E-state index < -0.39 is 11.6 Å². The number of hydrogen-bond donors (Lipinski definition) is 1. The van der Waals surface area contributed by atoms with Crippen LogP contribution in [0.2, 0.25) is 0 Å². The minimum absolute atomic E-state index is 0.167. The Hall–Kier alpha value is -2.12. The van der Waals surface area contributed by atoms with E-state index in [0.717, 1.165) is 6.07 Å². The van der Waals surface area contributed by atoms with Crippen LogP contribution in [0.3, 0.4) is 0 Å². The number of ether oxygens (including phenoxy) is 1. The van der Waals surface area contributed by atoms with Gasteiger partial charge in [-0.1, -0.05) is 0 Å². The number of aromatic amines is 1. The van der Waals surface area contributed by atoms with Gasteiger partial charge < -0.3 is 9.72 Å². The van der Waals surface area contributed by atoms with Crippen molar-refractivity contribution in [3.63, 3.8) is 0 Å². The van der Waals surface area contributed by atoms with Crippen molar-refractivity contribution in [2.45, 2.75) is 13.0 Å². The summed E-state index contributed by atoms with van der Waals surface area (Å²) in [5, 5.41) is 0. The third kappa shape index (κ3) is 4.69. The summed E-state index contributed by atoms with van der Waals surface area (Å²) >= 11 is 0. The topological polar surface area (TPSA) is 58.2 Å². The fraction of sp³-hybridized carbons (Fsp3) is 0.412. The monoisotopic (exact) mass is 335 g/mol. The van der Waals surface area contributed by atoms with Gasteiger partial charge in [0.25, 0.3) is 5.56 Å². The van der Waals surface area contributed by atoms with Gasteiger partial charge in [0.05, 0.1) is 19.5 Å². The molecule has 0 unspecified atom stereocenters. The molecule has 1 aliphatic rings. The summed E-state index contributed by atoms with van der Waals surface area (Å²) in [6.07, 6.45) is 2.01. The Labute approximate surface area is 138 Å². The molecule has 0 radical (unpaired) electrons. The SMILES string of the molecule is O=c1cc(C[C@@H]2COCCN(Cc3cc(F)cc(F)c3)C2)nc[nH]1. The molecule has 2 heterocycles. The van der Waals surface area contributed by atoms with E-state index in [4.69, 9.17) is 4.74 Å². The third-order valence-corrected chi connectivity index (χ3v) is 3.98. The van der Waals surface area contributed by atoms with Crippen molar-refractivity contribution < 1.29 is 13.5 Å². The number of aromatic nitrogens is 2. The van der Waals surface area contributed by atoms with Gasteiger partial charge in [-0.05, 0) is 24.1 Å². The van der Waals surface area contributed by atoms with Crippen molar-refractivity contribution in [3.05, 3.63) is 63.8 Å². The lowest BCUT2D eigenvalue weighted by molar-refractivity contribution is 0.121. The van der Waals surface area contributed by atoms with Crippen LogP contribution in [0, 0.1) is 17.6 Å². The zero-order valence-corrected chi connectivity index (χ0v) is 13.2. The highest BCUT2D eigenvalue weighted by Crippen LogP contribution is 2.16. The van der Waals surface area contributed by atoms with Crippen LogP contribution >= 0.6 is 0 Å². The van der Waals surface area contributed by atoms with Gasteiger partial charge >= 0.3 is 0 Å². The van der Waals surface area contributed by atoms with Crippen LogP contribution in [0.25, 0.3) is 0 Å². The molecule has 1 fully saturated rings. The number of rotatable bonds is 4. The van der Waals surface area contributed by atoms with Crippen molar-refractivity contribution in [3.8, 4) is 0 Å². The van der Waals surface area contributed by atoms with Gasteiger partial charge in [-0.25, -0.2) is 13.8 Å². The van der Waals surface area contributed by atoms with E-state index in [9.17, 15) is 13.6 Å². The molecule has 1 aromatic heterocycles. The summed E-state index contributed by atoms with van der Waals surface area (Å²) in [5.41, 5.74) is 1.13. The van der Waals surface area contributed by atoms with Crippen LogP contribution in [0.15, 0.2) is 35.4 Å². The minimum Gasteiger partial charge on any atom is -0.380 e. The summed E-state index contributed by atoms with van der Waals surface area (Å²) in [4.78, 5) is 20.1. The molecule has 0 bridgehead atoms. The fourth-order valence-corrected chi connectivity index (χ4v) is 3.00. The average Bonchev–Trinajstić information content (AvgIpc) is 2.71. The number of halogens is 2. The largest absolute Gasteiger partial charge is 0.380 e. The van der Waals surface area contributed by atoms with Crippen molar-refractivity contribution in [1.29, 1.82) is 0 Å². The molecule has 1 saturated heterocycles. The summed E-state index contributed by atoms with van der Waals surface area (Å²) in [6, 6.07) is 5.05. The summed E-state index contributed by atoms with van der Waals surface area (Å²) in [5.74, 6) is -0.971. The molecular weight excluding hydrogens is 316 g/mol. The molecule has 0 aliphatic carbocycles. The average molecular weight is 335 g/mol. The minimum atomic E-state index is -0.569. The molecule has 7 heteroatoms. The molecule has 5 nitrogen and oxygen atoms in total. The second-order valence-electron chi connectivity index (χ2n) is 6.06. The maximum atomic E-state index is 13.3. The van der Waals surface area contributed by atoms with Gasteiger partial charge in [-0.15, -0.1) is 0 Å². The zero-order valence-electron chi connectivity index (χ0n) is 13.2. The summed E-state index contributed by atoms with van der Waals surface area (Å²) in [7, 11) is 0. The highest BCUT2D eigenvalue weighted by molar-refractivity contribution is 5.17. The number of benzene rings is 1. The number of H-pyrrole nitrogens is 1. The maximum absolute atomic E-state index is 13.3. The molecule has 128 valence electrons. The highest BCUT2D eigenvalue weighted by atomic mass is 19.1. The zero-order chi connectivity index (χ0) is 16.9. The van der Waals surface area contributed by atoms with Gasteiger partial charge in [-0.3, -0.25) is 9.69 Å². The first-order valence-electron chi connectivity index (χ1n) is 7.87. The number of nitrogens with one attached hydrogen (secondary N) is 1. The molecule has 1 aliphatic heterocycles. The molecule has 0 spiro atoms. The Kier molecular flexibility index (Phi) is 5.32. The lowest BCUT2D eigenvalue weighted by Gasteiger charge is -2.23. The van der Waals surface area contributed by atoms with E-state index >= 15 is 0 Å². The first-order valence-corrected chi connectivity index (χ1v) is 7.87. The lowest BCUT2D eigenvalue weighted by Crippen LogP contribution is -2.30. The van der Waals surface area contributed by atoms with Crippen molar-refractivity contribution in [2.24, 2.45) is 5.92 Å². The first-order chi connectivity index (χ1) is 11.6. The van der Waals surface area contributed by atoms with Gasteiger partial charge in [0, 0.05) is 43.4 Å². The smallest absolute Gasteiger partial charge is 0.250 e. The normalized spacial score (nSPS) is 19.2. The van der Waals surface area contributed by atoms with E-state index in [1.807, 2.05) is 0 Å². The molecule has 0 saturated carbocycles. The van der Waals surface area contributed by atoms with Crippen LogP contribution in [0.5, 0.6) is 0 Å². The standard InChI is InChI=1S/C17H19F2N3O2/c18-14-3-12(4-15(19)6-14)8-22-1-2-24-10-13(9-22)5-16-7-17(23)21-11-20-16/h3-4,6-7,11,13H,1-2,5,8-10H2,(H,20,21,23)/t13-/m0/s1. The lowest BCUT2D eigenvalue weighted by atomic mass is 10.0. The van der Waals surface area contributed by atoms with Gasteiger partial charge in [0.15, 0.2) is 0 Å². The Morgan fingerprint density at radius 2 is 2.04 bits per heavy atom. The summed E-state index contributed by atoms with van der Waals surface area (Å²) < 4.78 is 32.3. The number of hydrogen-bond acceptors (Lipinski definition) is 4. The Morgan fingerprint density at radius 1 is 1.25 bits per heavy atom. The Morgan fingerprint density at radius 3 is 2.79 bits per heavy atom. The van der Waals surface area contributed by atoms with Crippen LogP contribution in [0.1, 0.15) is 11.3 Å². The maximum Gasteiger partial charge on any atom is 0.250 e. The van der Waals surface area contributed by atoms with Gasteiger partial charge in [0.2, 0.25) is 0 Å².